The number of hydrogen-bond acceptors (Lipinski definition) is 3. The van der Waals surface area contributed by atoms with E-state index in [1.54, 1.807) is 12.1 Å². The lowest BCUT2D eigenvalue weighted by Gasteiger charge is -2.20. The van der Waals surface area contributed by atoms with Gasteiger partial charge in [-0.2, -0.15) is 0 Å². The van der Waals surface area contributed by atoms with Crippen molar-refractivity contribution < 1.29 is 9.90 Å². The normalized spacial score (nSPS) is 14.2. The van der Waals surface area contributed by atoms with E-state index >= 15 is 0 Å². The molecule has 88 valence electrons. The number of carbonyl (C=O) groups is 1. The van der Waals surface area contributed by atoms with Gasteiger partial charge in [-0.3, -0.25) is 0 Å². The Balaban J connectivity index is 2.65. The second-order valence-electron chi connectivity index (χ2n) is 4.06. The van der Waals surface area contributed by atoms with Gasteiger partial charge < -0.3 is 10.4 Å². The smallest absolute Gasteiger partial charge is 0.337 e. The molecule has 4 heteroatoms. The van der Waals surface area contributed by atoms with E-state index in [2.05, 4.69) is 31.1 Å². The van der Waals surface area contributed by atoms with Crippen LogP contribution in [0.5, 0.6) is 0 Å². The second kappa shape index (κ2) is 5.49. The quantitative estimate of drug-likeness (QED) is 0.804. The number of aromatic carboxylic acids is 1. The molecule has 1 rings (SSSR count). The van der Waals surface area contributed by atoms with Crippen LogP contribution in [-0.4, -0.2) is 22.1 Å². The van der Waals surface area contributed by atoms with Crippen molar-refractivity contribution in [2.45, 2.75) is 33.2 Å². The molecule has 4 nitrogen and oxygen atoms in total. The molecule has 2 atom stereocenters. The third-order valence-electron chi connectivity index (χ3n) is 2.88. The molecule has 0 aliphatic rings. The van der Waals surface area contributed by atoms with Crippen LogP contribution in [0.4, 0.5) is 5.82 Å². The number of aromatic nitrogens is 1. The van der Waals surface area contributed by atoms with E-state index in [9.17, 15) is 4.79 Å². The molecule has 0 amide bonds. The molecule has 2 unspecified atom stereocenters. The van der Waals surface area contributed by atoms with E-state index in [1.807, 2.05) is 0 Å². The minimum Gasteiger partial charge on any atom is -0.478 e. The highest BCUT2D eigenvalue weighted by Crippen LogP contribution is 2.13. The lowest BCUT2D eigenvalue weighted by atomic mass is 10.0. The van der Waals surface area contributed by atoms with Crippen LogP contribution in [0.3, 0.4) is 0 Å². The lowest BCUT2D eigenvalue weighted by Crippen LogP contribution is -2.23. The highest BCUT2D eigenvalue weighted by atomic mass is 16.4. The van der Waals surface area contributed by atoms with Crippen LogP contribution in [0.1, 0.15) is 37.6 Å². The first-order valence-corrected chi connectivity index (χ1v) is 5.50. The van der Waals surface area contributed by atoms with Gasteiger partial charge >= 0.3 is 5.97 Å². The van der Waals surface area contributed by atoms with Gasteiger partial charge in [0.15, 0.2) is 0 Å². The van der Waals surface area contributed by atoms with E-state index in [-0.39, 0.29) is 5.56 Å². The Kier molecular flexibility index (Phi) is 4.28. The van der Waals surface area contributed by atoms with Gasteiger partial charge in [-0.25, -0.2) is 9.78 Å². The molecule has 0 saturated heterocycles. The number of anilines is 1. The van der Waals surface area contributed by atoms with E-state index in [4.69, 9.17) is 5.11 Å². The maximum absolute atomic E-state index is 10.6. The summed E-state index contributed by atoms with van der Waals surface area (Å²) in [5, 5.41) is 12.0. The average molecular weight is 222 g/mol. The van der Waals surface area contributed by atoms with Crippen molar-refractivity contribution in [1.29, 1.82) is 0 Å². The van der Waals surface area contributed by atoms with E-state index in [0.717, 1.165) is 12.2 Å². The Bertz CT molecular complexity index is 349. The van der Waals surface area contributed by atoms with Crippen LogP contribution >= 0.6 is 0 Å². The third-order valence-corrected chi connectivity index (χ3v) is 2.88. The Morgan fingerprint density at radius 2 is 2.19 bits per heavy atom. The topological polar surface area (TPSA) is 62.2 Å². The summed E-state index contributed by atoms with van der Waals surface area (Å²) in [5.41, 5.74) is 0.210. The first-order chi connectivity index (χ1) is 7.54. The molecule has 2 N–H and O–H groups in total. The fraction of sp³-hybridized carbons (Fsp3) is 0.500. The Morgan fingerprint density at radius 1 is 1.50 bits per heavy atom. The standard InChI is InChI=1S/C12H18N2O2/c1-4-8(2)9(3)14-11-6-5-10(7-13-11)12(15)16/h5-9H,4H2,1-3H3,(H,13,14)(H,15,16). The molecule has 1 aromatic rings. The highest BCUT2D eigenvalue weighted by Gasteiger charge is 2.10. The highest BCUT2D eigenvalue weighted by molar-refractivity contribution is 5.87. The van der Waals surface area contributed by atoms with Crippen molar-refractivity contribution in [3.05, 3.63) is 23.9 Å². The van der Waals surface area contributed by atoms with Gasteiger partial charge in [-0.15, -0.1) is 0 Å². The van der Waals surface area contributed by atoms with Crippen molar-refractivity contribution in [2.75, 3.05) is 5.32 Å². The molecular weight excluding hydrogens is 204 g/mol. The third kappa shape index (κ3) is 3.22. The molecule has 0 aliphatic carbocycles. The van der Waals surface area contributed by atoms with Crippen molar-refractivity contribution in [3.8, 4) is 0 Å². The minimum absolute atomic E-state index is 0.210. The van der Waals surface area contributed by atoms with Crippen LogP contribution in [-0.2, 0) is 0 Å². The fourth-order valence-electron chi connectivity index (χ4n) is 1.33. The summed E-state index contributed by atoms with van der Waals surface area (Å²) in [6, 6.07) is 3.58. The lowest BCUT2D eigenvalue weighted by molar-refractivity contribution is 0.0696. The molecule has 16 heavy (non-hydrogen) atoms. The summed E-state index contributed by atoms with van der Waals surface area (Å²) < 4.78 is 0. The monoisotopic (exact) mass is 222 g/mol. The van der Waals surface area contributed by atoms with Gasteiger partial charge in [0.2, 0.25) is 0 Å². The molecule has 0 fully saturated rings. The Morgan fingerprint density at radius 3 is 2.62 bits per heavy atom. The van der Waals surface area contributed by atoms with E-state index in [0.29, 0.717) is 12.0 Å². The van der Waals surface area contributed by atoms with Crippen LogP contribution in [0.15, 0.2) is 18.3 Å². The average Bonchev–Trinajstić information content (AvgIpc) is 2.28. The van der Waals surface area contributed by atoms with Gasteiger partial charge in [-0.1, -0.05) is 20.3 Å². The number of rotatable bonds is 5. The van der Waals surface area contributed by atoms with E-state index in [1.165, 1.54) is 6.20 Å². The summed E-state index contributed by atoms with van der Waals surface area (Å²) in [6.45, 7) is 6.41. The molecule has 0 saturated carbocycles. The maximum atomic E-state index is 10.6. The van der Waals surface area contributed by atoms with Gasteiger partial charge in [0.05, 0.1) is 5.56 Å². The zero-order valence-electron chi connectivity index (χ0n) is 9.90. The summed E-state index contributed by atoms with van der Waals surface area (Å²) in [5.74, 6) is 0.327. The van der Waals surface area contributed by atoms with Crippen LogP contribution < -0.4 is 5.32 Å². The molecule has 1 aromatic heterocycles. The molecule has 0 spiro atoms. The molecule has 1 heterocycles. The Labute approximate surface area is 95.7 Å². The molecule has 0 aromatic carbocycles. The van der Waals surface area contributed by atoms with E-state index < -0.39 is 5.97 Å². The van der Waals surface area contributed by atoms with Gasteiger partial charge in [0.25, 0.3) is 0 Å². The first kappa shape index (κ1) is 12.5. The first-order valence-electron chi connectivity index (χ1n) is 5.50. The predicted octanol–water partition coefficient (Wildman–Crippen LogP) is 2.63. The zero-order chi connectivity index (χ0) is 12.1. The number of nitrogens with zero attached hydrogens (tertiary/aromatic N) is 1. The van der Waals surface area contributed by atoms with Crippen molar-refractivity contribution in [2.24, 2.45) is 5.92 Å². The Hall–Kier alpha value is -1.58. The molecule has 0 radical (unpaired) electrons. The maximum Gasteiger partial charge on any atom is 0.337 e. The SMILES string of the molecule is CCC(C)C(C)Nc1ccc(C(=O)O)cn1. The number of nitrogens with one attached hydrogen (secondary N) is 1. The predicted molar refractivity (Wildman–Crippen MR) is 63.7 cm³/mol. The summed E-state index contributed by atoms with van der Waals surface area (Å²) in [4.78, 5) is 14.7. The van der Waals surface area contributed by atoms with Crippen molar-refractivity contribution >= 4 is 11.8 Å². The van der Waals surface area contributed by atoms with Crippen molar-refractivity contribution in [3.63, 3.8) is 0 Å². The summed E-state index contributed by atoms with van der Waals surface area (Å²) >= 11 is 0. The van der Waals surface area contributed by atoms with Crippen LogP contribution in [0.25, 0.3) is 0 Å². The van der Waals surface area contributed by atoms with Gasteiger partial charge in [0.1, 0.15) is 5.82 Å². The van der Waals surface area contributed by atoms with Gasteiger partial charge in [-0.05, 0) is 25.0 Å². The minimum atomic E-state index is -0.950. The second-order valence-corrected chi connectivity index (χ2v) is 4.06. The summed E-state index contributed by atoms with van der Waals surface area (Å²) in [6.07, 6.45) is 2.47. The fourth-order valence-corrected chi connectivity index (χ4v) is 1.33. The largest absolute Gasteiger partial charge is 0.478 e. The summed E-state index contributed by atoms with van der Waals surface area (Å²) in [7, 11) is 0. The van der Waals surface area contributed by atoms with Crippen molar-refractivity contribution in [1.82, 2.24) is 4.98 Å². The number of pyridine rings is 1. The number of hydrogen-bond donors (Lipinski definition) is 2. The van der Waals surface area contributed by atoms with Gasteiger partial charge in [0, 0.05) is 12.2 Å². The van der Waals surface area contributed by atoms with Crippen LogP contribution in [0.2, 0.25) is 0 Å². The molecule has 0 aliphatic heterocycles. The van der Waals surface area contributed by atoms with Crippen LogP contribution in [0, 0.1) is 5.92 Å². The molecular formula is C12H18N2O2. The number of carboxylic acid groups (broad SMARTS) is 1. The zero-order valence-corrected chi connectivity index (χ0v) is 9.90. The molecule has 0 bridgehead atoms. The number of carboxylic acids is 1.